The monoisotopic (exact) mass is 386 g/mol. The van der Waals surface area contributed by atoms with Gasteiger partial charge in [0.2, 0.25) is 6.41 Å². The zero-order valence-electron chi connectivity index (χ0n) is 16.2. The lowest BCUT2D eigenvalue weighted by molar-refractivity contribution is -0.110. The van der Waals surface area contributed by atoms with Crippen LogP contribution >= 0.6 is 11.3 Å². The van der Waals surface area contributed by atoms with Crippen LogP contribution in [0.3, 0.4) is 0 Å². The number of carbonyl (C=O) groups excluding carboxylic acids is 1. The summed E-state index contributed by atoms with van der Waals surface area (Å²) < 4.78 is 0. The average molecular weight is 387 g/mol. The largest absolute Gasteiger partial charge is 0.357 e. The molecule has 1 aliphatic carbocycles. The van der Waals surface area contributed by atoms with E-state index in [9.17, 15) is 4.79 Å². The fourth-order valence-electron chi connectivity index (χ4n) is 3.40. The maximum absolute atomic E-state index is 10.3. The first-order chi connectivity index (χ1) is 13.2. The van der Waals surface area contributed by atoms with Gasteiger partial charge >= 0.3 is 0 Å². The average Bonchev–Trinajstić information content (AvgIpc) is 3.34. The lowest BCUT2D eigenvalue weighted by Gasteiger charge is -2.19. The molecule has 5 nitrogen and oxygen atoms in total. The summed E-state index contributed by atoms with van der Waals surface area (Å²) in [5.74, 6) is 1.48. The van der Waals surface area contributed by atoms with E-state index in [1.807, 2.05) is 36.7 Å². The lowest BCUT2D eigenvalue weighted by Crippen LogP contribution is -2.32. The summed E-state index contributed by atoms with van der Waals surface area (Å²) in [5, 5.41) is 9.07. The van der Waals surface area contributed by atoms with Gasteiger partial charge in [0.1, 0.15) is 0 Å². The number of aryl methyl sites for hydroxylation is 1. The van der Waals surface area contributed by atoms with Crippen molar-refractivity contribution in [3.8, 4) is 0 Å². The quantitative estimate of drug-likeness (QED) is 0.515. The van der Waals surface area contributed by atoms with Crippen LogP contribution in [-0.2, 0) is 11.3 Å². The molecule has 1 amide bonds. The van der Waals surface area contributed by atoms with Crippen molar-refractivity contribution >= 4 is 22.9 Å². The molecule has 2 heterocycles. The van der Waals surface area contributed by atoms with Crippen LogP contribution in [0.2, 0.25) is 0 Å². The molecule has 6 heteroatoms. The zero-order valence-corrected chi connectivity index (χ0v) is 17.0. The van der Waals surface area contributed by atoms with Gasteiger partial charge in [0.15, 0.2) is 5.13 Å². The number of thiazole rings is 1. The smallest absolute Gasteiger partial charge is 0.207 e. The highest BCUT2D eigenvalue weighted by Gasteiger charge is 2.27. The minimum absolute atomic E-state index is 0.189. The molecule has 0 aromatic carbocycles. The number of rotatable bonds is 8. The molecule has 0 aliphatic heterocycles. The van der Waals surface area contributed by atoms with Gasteiger partial charge in [0.05, 0.1) is 5.69 Å². The van der Waals surface area contributed by atoms with Gasteiger partial charge in [-0.1, -0.05) is 31.9 Å². The van der Waals surface area contributed by atoms with Crippen molar-refractivity contribution in [2.75, 3.05) is 5.32 Å². The van der Waals surface area contributed by atoms with Crippen LogP contribution in [0.4, 0.5) is 5.13 Å². The third kappa shape index (κ3) is 7.13. The Morgan fingerprint density at radius 3 is 2.85 bits per heavy atom. The van der Waals surface area contributed by atoms with Crippen LogP contribution in [0.1, 0.15) is 43.9 Å². The predicted molar refractivity (Wildman–Crippen MR) is 113 cm³/mol. The lowest BCUT2D eigenvalue weighted by atomic mass is 9.96. The number of aromatic nitrogens is 2. The summed E-state index contributed by atoms with van der Waals surface area (Å²) in [7, 11) is 0. The van der Waals surface area contributed by atoms with Crippen LogP contribution in [0, 0.1) is 18.8 Å². The summed E-state index contributed by atoms with van der Waals surface area (Å²) in [4.78, 5) is 18.7. The molecular weight excluding hydrogens is 356 g/mol. The maximum atomic E-state index is 10.3. The van der Waals surface area contributed by atoms with E-state index >= 15 is 0 Å². The highest BCUT2D eigenvalue weighted by atomic mass is 32.1. The zero-order chi connectivity index (χ0) is 19.5. The molecule has 1 saturated carbocycles. The number of pyridine rings is 1. The van der Waals surface area contributed by atoms with Crippen LogP contribution in [0.5, 0.6) is 0 Å². The Balaban J connectivity index is 0.000000194. The van der Waals surface area contributed by atoms with E-state index in [0.29, 0.717) is 5.92 Å². The van der Waals surface area contributed by atoms with Crippen molar-refractivity contribution in [2.45, 2.75) is 52.1 Å². The summed E-state index contributed by atoms with van der Waals surface area (Å²) in [6.07, 6.45) is 11.3. The van der Waals surface area contributed by atoms with Crippen LogP contribution < -0.4 is 10.6 Å². The maximum Gasteiger partial charge on any atom is 0.207 e. The van der Waals surface area contributed by atoms with Gasteiger partial charge in [0, 0.05) is 30.4 Å². The van der Waals surface area contributed by atoms with Gasteiger partial charge in [-0.15, -0.1) is 17.9 Å². The molecule has 3 unspecified atom stereocenters. The molecule has 0 radical (unpaired) electrons. The molecule has 2 aromatic heterocycles. The minimum Gasteiger partial charge on any atom is -0.357 e. The first kappa shape index (κ1) is 21.1. The number of hydrogen-bond donors (Lipinski definition) is 2. The third-order valence-electron chi connectivity index (χ3n) is 4.97. The van der Waals surface area contributed by atoms with Gasteiger partial charge in [0.25, 0.3) is 0 Å². The van der Waals surface area contributed by atoms with Crippen molar-refractivity contribution in [1.82, 2.24) is 15.3 Å². The Morgan fingerprint density at radius 1 is 1.44 bits per heavy atom. The Hall–Kier alpha value is -2.21. The second kappa shape index (κ2) is 11.5. The van der Waals surface area contributed by atoms with E-state index in [4.69, 9.17) is 0 Å². The number of anilines is 1. The van der Waals surface area contributed by atoms with Crippen molar-refractivity contribution in [2.24, 2.45) is 11.8 Å². The van der Waals surface area contributed by atoms with Gasteiger partial charge in [-0.3, -0.25) is 9.78 Å². The summed E-state index contributed by atoms with van der Waals surface area (Å²) in [6.45, 7) is 8.76. The molecule has 0 saturated heterocycles. The molecule has 2 aromatic rings. The van der Waals surface area contributed by atoms with E-state index in [0.717, 1.165) is 29.7 Å². The SMILES string of the molecule is C=CC(NC=O)C1CCC(CC)C1.Cc1csc(NCc2cccnc2)n1. The van der Waals surface area contributed by atoms with E-state index in [1.165, 1.54) is 31.2 Å². The Kier molecular flexibility index (Phi) is 8.98. The molecule has 0 spiro atoms. The summed E-state index contributed by atoms with van der Waals surface area (Å²) in [5.41, 5.74) is 2.23. The molecule has 2 N–H and O–H groups in total. The fraction of sp³-hybridized carbons (Fsp3) is 0.476. The van der Waals surface area contributed by atoms with Crippen LogP contribution in [0.25, 0.3) is 0 Å². The van der Waals surface area contributed by atoms with Gasteiger partial charge in [-0.25, -0.2) is 4.98 Å². The Labute approximate surface area is 166 Å². The number of nitrogens with zero attached hydrogens (tertiary/aromatic N) is 2. The van der Waals surface area contributed by atoms with Gasteiger partial charge in [-0.05, 0) is 43.2 Å². The van der Waals surface area contributed by atoms with E-state index in [1.54, 1.807) is 17.5 Å². The number of amides is 1. The van der Waals surface area contributed by atoms with E-state index in [2.05, 4.69) is 34.1 Å². The second-order valence-electron chi connectivity index (χ2n) is 6.90. The topological polar surface area (TPSA) is 66.9 Å². The highest BCUT2D eigenvalue weighted by molar-refractivity contribution is 7.13. The third-order valence-corrected chi connectivity index (χ3v) is 5.88. The van der Waals surface area contributed by atoms with Gasteiger partial charge in [-0.2, -0.15) is 0 Å². The Bertz CT molecular complexity index is 688. The highest BCUT2D eigenvalue weighted by Crippen LogP contribution is 2.34. The predicted octanol–water partition coefficient (Wildman–Crippen LogP) is 4.57. The Morgan fingerprint density at radius 2 is 2.30 bits per heavy atom. The minimum atomic E-state index is 0.189. The second-order valence-corrected chi connectivity index (χ2v) is 7.76. The van der Waals surface area contributed by atoms with Crippen molar-refractivity contribution in [3.05, 3.63) is 53.8 Å². The molecule has 27 heavy (non-hydrogen) atoms. The first-order valence-electron chi connectivity index (χ1n) is 9.53. The molecule has 3 rings (SSSR count). The molecule has 1 fully saturated rings. The van der Waals surface area contributed by atoms with E-state index in [-0.39, 0.29) is 6.04 Å². The van der Waals surface area contributed by atoms with Crippen molar-refractivity contribution < 1.29 is 4.79 Å². The van der Waals surface area contributed by atoms with E-state index < -0.39 is 0 Å². The van der Waals surface area contributed by atoms with Crippen LogP contribution in [0.15, 0.2) is 42.6 Å². The molecule has 3 atom stereocenters. The fourth-order valence-corrected chi connectivity index (χ4v) is 4.09. The van der Waals surface area contributed by atoms with Crippen LogP contribution in [-0.4, -0.2) is 22.4 Å². The summed E-state index contributed by atoms with van der Waals surface area (Å²) >= 11 is 1.63. The normalized spacial score (nSPS) is 19.5. The molecule has 146 valence electrons. The first-order valence-corrected chi connectivity index (χ1v) is 10.4. The van der Waals surface area contributed by atoms with Crippen molar-refractivity contribution in [1.29, 1.82) is 0 Å². The standard InChI is InChI=1S/C11H19NO.C10H11N3S/c1-3-9-5-6-10(7-9)11(4-2)12-8-13;1-8-7-14-10(13-8)12-6-9-3-2-4-11-5-9/h4,8-11H,2-3,5-7H2,1H3,(H,12,13);2-5,7H,6H2,1H3,(H,12,13). The van der Waals surface area contributed by atoms with Gasteiger partial charge < -0.3 is 10.6 Å². The molecule has 1 aliphatic rings. The number of hydrogen-bond acceptors (Lipinski definition) is 5. The molecule has 0 bridgehead atoms. The number of carbonyl (C=O) groups is 1. The molecular formula is C21H30N4OS. The summed E-state index contributed by atoms with van der Waals surface area (Å²) in [6, 6.07) is 4.17. The number of nitrogens with one attached hydrogen (secondary N) is 2. The van der Waals surface area contributed by atoms with Crippen molar-refractivity contribution in [3.63, 3.8) is 0 Å².